The maximum absolute atomic E-state index is 12.6. The Labute approximate surface area is 207 Å². The van der Waals surface area contributed by atoms with Crippen molar-refractivity contribution in [2.45, 2.75) is 33.7 Å². The molecule has 5 heterocycles. The number of nitrogens with one attached hydrogen (secondary N) is 2. The molecule has 0 aliphatic rings. The van der Waals surface area contributed by atoms with Gasteiger partial charge in [-0.2, -0.15) is 10.2 Å². The van der Waals surface area contributed by atoms with E-state index < -0.39 is 0 Å². The number of amides is 1. The number of hydrogen-bond donors (Lipinski definition) is 2. The molecule has 11 heteroatoms. The van der Waals surface area contributed by atoms with Gasteiger partial charge in [0.25, 0.3) is 5.91 Å². The first-order chi connectivity index (χ1) is 17.4. The standard InChI is InChI=1S/C25H24N10O/c1-15-9-30-35(14-15)23-13-26-21(11-28-23)12-29-25(36)22-5-4-18(10-27-22)24-31-16(2)6-19(32-24)8-20-7-17(3)33-34-20/h4-7,9-11,13-14H,8,12H2,1-3H3,(H,29,36)(H,33,34). The van der Waals surface area contributed by atoms with Crippen LogP contribution in [0.2, 0.25) is 0 Å². The van der Waals surface area contributed by atoms with Gasteiger partial charge in [0.2, 0.25) is 0 Å². The van der Waals surface area contributed by atoms with Crippen molar-refractivity contribution in [1.29, 1.82) is 0 Å². The Balaban J connectivity index is 1.22. The molecule has 36 heavy (non-hydrogen) atoms. The van der Waals surface area contributed by atoms with Gasteiger partial charge in [-0.1, -0.05) is 0 Å². The van der Waals surface area contributed by atoms with Crippen LogP contribution in [0, 0.1) is 20.8 Å². The first-order valence-electron chi connectivity index (χ1n) is 11.4. The predicted molar refractivity (Wildman–Crippen MR) is 131 cm³/mol. The molecule has 0 spiro atoms. The lowest BCUT2D eigenvalue weighted by atomic mass is 10.2. The fourth-order valence-corrected chi connectivity index (χ4v) is 3.62. The largest absolute Gasteiger partial charge is 0.345 e. The molecule has 0 aromatic carbocycles. The Hall–Kier alpha value is -4.80. The van der Waals surface area contributed by atoms with Crippen molar-refractivity contribution in [2.24, 2.45) is 0 Å². The monoisotopic (exact) mass is 480 g/mol. The van der Waals surface area contributed by atoms with Gasteiger partial charge in [-0.15, -0.1) is 0 Å². The van der Waals surface area contributed by atoms with Gasteiger partial charge in [0.15, 0.2) is 11.6 Å². The van der Waals surface area contributed by atoms with E-state index in [1.54, 1.807) is 41.6 Å². The van der Waals surface area contributed by atoms with Crippen molar-refractivity contribution >= 4 is 5.91 Å². The highest BCUT2D eigenvalue weighted by Gasteiger charge is 2.12. The molecular formula is C25H24N10O. The molecule has 2 N–H and O–H groups in total. The molecule has 5 aromatic heterocycles. The van der Waals surface area contributed by atoms with Gasteiger partial charge in [0.05, 0.1) is 42.2 Å². The van der Waals surface area contributed by atoms with Crippen molar-refractivity contribution in [3.63, 3.8) is 0 Å². The third-order valence-corrected chi connectivity index (χ3v) is 5.35. The topological polar surface area (TPSA) is 140 Å². The molecule has 0 bridgehead atoms. The lowest BCUT2D eigenvalue weighted by Crippen LogP contribution is -2.24. The first kappa shape index (κ1) is 23.0. The highest BCUT2D eigenvalue weighted by atomic mass is 16.1. The molecule has 5 aromatic rings. The highest BCUT2D eigenvalue weighted by Crippen LogP contribution is 2.17. The van der Waals surface area contributed by atoms with Crippen LogP contribution in [0.5, 0.6) is 0 Å². The zero-order valence-corrected chi connectivity index (χ0v) is 20.1. The molecule has 0 saturated heterocycles. The molecule has 0 unspecified atom stereocenters. The van der Waals surface area contributed by atoms with Crippen molar-refractivity contribution < 1.29 is 4.79 Å². The second-order valence-corrected chi connectivity index (χ2v) is 8.49. The molecule has 0 radical (unpaired) electrons. The van der Waals surface area contributed by atoms with Gasteiger partial charge >= 0.3 is 0 Å². The van der Waals surface area contributed by atoms with Gasteiger partial charge in [-0.05, 0) is 50.6 Å². The zero-order chi connectivity index (χ0) is 25.1. The molecule has 0 atom stereocenters. The number of aryl methyl sites for hydroxylation is 3. The number of rotatable bonds is 7. The van der Waals surface area contributed by atoms with Crippen LogP contribution in [0.25, 0.3) is 17.2 Å². The Kier molecular flexibility index (Phi) is 6.27. The second-order valence-electron chi connectivity index (χ2n) is 8.49. The molecular weight excluding hydrogens is 456 g/mol. The molecule has 180 valence electrons. The Morgan fingerprint density at radius 2 is 1.83 bits per heavy atom. The van der Waals surface area contributed by atoms with E-state index in [0.717, 1.165) is 33.9 Å². The van der Waals surface area contributed by atoms with E-state index in [1.807, 2.05) is 39.1 Å². The lowest BCUT2D eigenvalue weighted by molar-refractivity contribution is 0.0945. The summed E-state index contributed by atoms with van der Waals surface area (Å²) < 4.78 is 1.65. The quantitative estimate of drug-likeness (QED) is 0.362. The van der Waals surface area contributed by atoms with Gasteiger partial charge in [-0.25, -0.2) is 19.6 Å². The second kappa shape index (κ2) is 9.82. The molecule has 0 saturated carbocycles. The average Bonchev–Trinajstić information content (AvgIpc) is 3.50. The van der Waals surface area contributed by atoms with Gasteiger partial charge < -0.3 is 5.32 Å². The van der Waals surface area contributed by atoms with Crippen molar-refractivity contribution in [2.75, 3.05) is 0 Å². The third-order valence-electron chi connectivity index (χ3n) is 5.35. The van der Waals surface area contributed by atoms with E-state index >= 15 is 0 Å². The summed E-state index contributed by atoms with van der Waals surface area (Å²) in [6, 6.07) is 7.38. The number of hydrogen-bond acceptors (Lipinski definition) is 8. The van der Waals surface area contributed by atoms with E-state index in [9.17, 15) is 4.79 Å². The Morgan fingerprint density at radius 3 is 2.50 bits per heavy atom. The SMILES string of the molecule is Cc1cnn(-c2cnc(CNC(=O)c3ccc(-c4nc(C)cc(Cc5cc(C)[nH]n5)n4)cn3)cn2)c1. The van der Waals surface area contributed by atoms with Crippen LogP contribution in [0.4, 0.5) is 0 Å². The van der Waals surface area contributed by atoms with E-state index in [1.165, 1.54) is 0 Å². The van der Waals surface area contributed by atoms with Crippen molar-refractivity contribution in [3.8, 4) is 17.2 Å². The summed E-state index contributed by atoms with van der Waals surface area (Å²) in [7, 11) is 0. The van der Waals surface area contributed by atoms with Crippen LogP contribution < -0.4 is 5.32 Å². The first-order valence-corrected chi connectivity index (χ1v) is 11.4. The number of aromatic amines is 1. The highest BCUT2D eigenvalue weighted by molar-refractivity contribution is 5.92. The summed E-state index contributed by atoms with van der Waals surface area (Å²) in [4.78, 5) is 34.8. The molecule has 1 amide bonds. The minimum absolute atomic E-state index is 0.227. The van der Waals surface area contributed by atoms with Gasteiger partial charge in [0.1, 0.15) is 5.69 Å². The van der Waals surface area contributed by atoms with E-state index in [0.29, 0.717) is 23.8 Å². The van der Waals surface area contributed by atoms with Crippen LogP contribution >= 0.6 is 0 Å². The molecule has 5 rings (SSSR count). The normalized spacial score (nSPS) is 11.0. The van der Waals surface area contributed by atoms with Gasteiger partial charge in [-0.3, -0.25) is 19.9 Å². The van der Waals surface area contributed by atoms with Crippen LogP contribution in [0.1, 0.15) is 44.5 Å². The van der Waals surface area contributed by atoms with Crippen LogP contribution in [-0.2, 0) is 13.0 Å². The number of pyridine rings is 1. The number of H-pyrrole nitrogens is 1. The minimum atomic E-state index is -0.310. The summed E-state index contributed by atoms with van der Waals surface area (Å²) in [5.41, 5.74) is 6.30. The lowest BCUT2D eigenvalue weighted by Gasteiger charge is -2.07. The van der Waals surface area contributed by atoms with Gasteiger partial charge in [0, 0.05) is 35.8 Å². The Bertz CT molecular complexity index is 1500. The summed E-state index contributed by atoms with van der Waals surface area (Å²) in [5.74, 6) is 0.853. The van der Waals surface area contributed by atoms with Crippen LogP contribution in [-0.4, -0.2) is 50.8 Å². The fourth-order valence-electron chi connectivity index (χ4n) is 3.62. The zero-order valence-electron chi connectivity index (χ0n) is 20.1. The van der Waals surface area contributed by atoms with Crippen molar-refractivity contribution in [1.82, 2.24) is 50.2 Å². The minimum Gasteiger partial charge on any atom is -0.345 e. The maximum atomic E-state index is 12.6. The summed E-state index contributed by atoms with van der Waals surface area (Å²) in [6.07, 6.45) is 9.04. The van der Waals surface area contributed by atoms with Crippen LogP contribution in [0.3, 0.4) is 0 Å². The van der Waals surface area contributed by atoms with E-state index in [4.69, 9.17) is 0 Å². The fraction of sp³-hybridized carbons (Fsp3) is 0.200. The molecule has 0 aliphatic heterocycles. The molecule has 0 aliphatic carbocycles. The Morgan fingerprint density at radius 1 is 0.944 bits per heavy atom. The number of nitrogens with zero attached hydrogens (tertiary/aromatic N) is 8. The third kappa shape index (κ3) is 5.30. The molecule has 0 fully saturated rings. The van der Waals surface area contributed by atoms with Crippen LogP contribution in [0.15, 0.2) is 55.2 Å². The summed E-state index contributed by atoms with van der Waals surface area (Å²) >= 11 is 0. The number of carbonyl (C=O) groups is 1. The maximum Gasteiger partial charge on any atom is 0.270 e. The smallest absolute Gasteiger partial charge is 0.270 e. The van der Waals surface area contributed by atoms with E-state index in [-0.39, 0.29) is 18.1 Å². The van der Waals surface area contributed by atoms with Crippen molar-refractivity contribution in [3.05, 3.63) is 95.0 Å². The number of aromatic nitrogens is 9. The number of carbonyl (C=O) groups excluding carboxylic acids is 1. The predicted octanol–water partition coefficient (Wildman–Crippen LogP) is 2.68. The molecule has 11 nitrogen and oxygen atoms in total. The van der Waals surface area contributed by atoms with E-state index in [2.05, 4.69) is 45.5 Å². The average molecular weight is 481 g/mol. The summed E-state index contributed by atoms with van der Waals surface area (Å²) in [6.45, 7) is 6.06. The summed E-state index contributed by atoms with van der Waals surface area (Å²) in [5, 5.41) is 14.3.